The largest absolute Gasteiger partial charge is 0.481 e. The van der Waals surface area contributed by atoms with Gasteiger partial charge in [-0.1, -0.05) is 18.2 Å². The maximum absolute atomic E-state index is 12.6. The molecule has 5 nitrogen and oxygen atoms in total. The van der Waals surface area contributed by atoms with Crippen molar-refractivity contribution in [1.29, 1.82) is 0 Å². The maximum Gasteiger partial charge on any atom is 0.308 e. The third-order valence-corrected chi connectivity index (χ3v) is 4.08. The van der Waals surface area contributed by atoms with E-state index in [-0.39, 0.29) is 12.5 Å². The second-order valence-corrected chi connectivity index (χ2v) is 5.93. The van der Waals surface area contributed by atoms with Crippen molar-refractivity contribution in [3.8, 4) is 0 Å². The predicted octanol–water partition coefficient (Wildman–Crippen LogP) is 2.68. The lowest BCUT2D eigenvalue weighted by molar-refractivity contribution is -0.141. The summed E-state index contributed by atoms with van der Waals surface area (Å²) in [6.07, 6.45) is 2.13. The molecular formula is C15H13BrN2O3. The van der Waals surface area contributed by atoms with E-state index in [1.165, 1.54) is 4.90 Å². The van der Waals surface area contributed by atoms with Crippen LogP contribution in [0.3, 0.4) is 0 Å². The summed E-state index contributed by atoms with van der Waals surface area (Å²) in [5, 5.41) is 9.28. The highest BCUT2D eigenvalue weighted by atomic mass is 79.9. The molecule has 1 aliphatic rings. The quantitative estimate of drug-likeness (QED) is 0.876. The third-order valence-electron chi connectivity index (χ3n) is 3.62. The van der Waals surface area contributed by atoms with Gasteiger partial charge in [0.1, 0.15) is 5.69 Å². The maximum atomic E-state index is 12.6. The summed E-state index contributed by atoms with van der Waals surface area (Å²) < 4.78 is 0.783. The highest BCUT2D eigenvalue weighted by Gasteiger charge is 2.32. The Morgan fingerprint density at radius 2 is 2.10 bits per heavy atom. The fraction of sp³-hybridized carbons (Fsp3) is 0.200. The number of nitrogens with one attached hydrogen (secondary N) is 1. The molecule has 1 amide bonds. The lowest BCUT2D eigenvalue weighted by atomic mass is 9.92. The SMILES string of the molecule is O=C(O)C1Cc2ccccc2N(C(=O)c2cc(Br)c[nH]2)C1. The number of aromatic amines is 1. The molecule has 2 N–H and O–H groups in total. The topological polar surface area (TPSA) is 73.4 Å². The van der Waals surface area contributed by atoms with E-state index in [0.29, 0.717) is 12.1 Å². The zero-order chi connectivity index (χ0) is 15.0. The zero-order valence-electron chi connectivity index (χ0n) is 11.0. The predicted molar refractivity (Wildman–Crippen MR) is 81.4 cm³/mol. The standard InChI is InChI=1S/C15H13BrN2O3/c16-11-6-12(17-7-11)14(19)18-8-10(15(20)21)5-9-3-1-2-4-13(9)18/h1-4,6-7,10,17H,5,8H2,(H,20,21). The Labute approximate surface area is 129 Å². The van der Waals surface area contributed by atoms with Crippen LogP contribution in [0.4, 0.5) is 5.69 Å². The van der Waals surface area contributed by atoms with Crippen LogP contribution in [0.25, 0.3) is 0 Å². The van der Waals surface area contributed by atoms with Crippen LogP contribution in [0.2, 0.25) is 0 Å². The van der Waals surface area contributed by atoms with Crippen LogP contribution in [0.1, 0.15) is 16.1 Å². The summed E-state index contributed by atoms with van der Waals surface area (Å²) in [6, 6.07) is 9.12. The number of halogens is 1. The molecule has 6 heteroatoms. The molecule has 0 bridgehead atoms. The number of hydrogen-bond acceptors (Lipinski definition) is 2. The Bertz CT molecular complexity index is 710. The van der Waals surface area contributed by atoms with E-state index in [2.05, 4.69) is 20.9 Å². The Morgan fingerprint density at radius 1 is 1.33 bits per heavy atom. The number of carboxylic acids is 1. The van der Waals surface area contributed by atoms with Gasteiger partial charge >= 0.3 is 5.97 Å². The number of carboxylic acid groups (broad SMARTS) is 1. The molecule has 21 heavy (non-hydrogen) atoms. The van der Waals surface area contributed by atoms with Crippen molar-refractivity contribution in [2.75, 3.05) is 11.4 Å². The number of benzene rings is 1. The van der Waals surface area contributed by atoms with Crippen molar-refractivity contribution in [1.82, 2.24) is 4.98 Å². The van der Waals surface area contributed by atoms with Gasteiger partial charge in [0.05, 0.1) is 5.92 Å². The number of anilines is 1. The van der Waals surface area contributed by atoms with E-state index in [1.54, 1.807) is 12.3 Å². The van der Waals surface area contributed by atoms with Crippen molar-refractivity contribution < 1.29 is 14.7 Å². The smallest absolute Gasteiger partial charge is 0.308 e. The number of para-hydroxylation sites is 1. The van der Waals surface area contributed by atoms with Gasteiger partial charge in [-0.05, 0) is 40.0 Å². The third kappa shape index (κ3) is 2.58. The molecule has 0 saturated heterocycles. The number of carbonyl (C=O) groups excluding carboxylic acids is 1. The molecule has 1 aromatic heterocycles. The van der Waals surface area contributed by atoms with E-state index in [9.17, 15) is 14.7 Å². The van der Waals surface area contributed by atoms with Crippen molar-refractivity contribution in [2.45, 2.75) is 6.42 Å². The minimum Gasteiger partial charge on any atom is -0.481 e. The van der Waals surface area contributed by atoms with E-state index in [4.69, 9.17) is 0 Å². The summed E-state index contributed by atoms with van der Waals surface area (Å²) in [4.78, 5) is 28.4. The fourth-order valence-corrected chi connectivity index (χ4v) is 2.93. The summed E-state index contributed by atoms with van der Waals surface area (Å²) in [7, 11) is 0. The minimum atomic E-state index is -0.880. The summed E-state index contributed by atoms with van der Waals surface area (Å²) >= 11 is 3.30. The molecule has 0 saturated carbocycles. The second-order valence-electron chi connectivity index (χ2n) is 5.02. The molecule has 0 radical (unpaired) electrons. The minimum absolute atomic E-state index is 0.182. The van der Waals surface area contributed by atoms with E-state index in [1.807, 2.05) is 24.3 Å². The van der Waals surface area contributed by atoms with Gasteiger partial charge in [-0.25, -0.2) is 0 Å². The van der Waals surface area contributed by atoms with E-state index in [0.717, 1.165) is 15.7 Å². The Balaban J connectivity index is 2.00. The molecule has 0 spiro atoms. The van der Waals surface area contributed by atoms with E-state index < -0.39 is 11.9 Å². The Morgan fingerprint density at radius 3 is 2.76 bits per heavy atom. The molecule has 108 valence electrons. The van der Waals surface area contributed by atoms with Crippen LogP contribution in [0.5, 0.6) is 0 Å². The highest BCUT2D eigenvalue weighted by molar-refractivity contribution is 9.10. The molecular weight excluding hydrogens is 336 g/mol. The first-order chi connectivity index (χ1) is 10.1. The average molecular weight is 349 g/mol. The fourth-order valence-electron chi connectivity index (χ4n) is 2.59. The number of nitrogens with zero attached hydrogens (tertiary/aromatic N) is 1. The molecule has 0 aliphatic carbocycles. The lowest BCUT2D eigenvalue weighted by Crippen LogP contribution is -2.42. The van der Waals surface area contributed by atoms with Crippen molar-refractivity contribution in [2.24, 2.45) is 5.92 Å². The zero-order valence-corrected chi connectivity index (χ0v) is 12.6. The number of amides is 1. The van der Waals surface area contributed by atoms with Crippen LogP contribution < -0.4 is 4.90 Å². The van der Waals surface area contributed by atoms with Crippen LogP contribution in [0.15, 0.2) is 41.0 Å². The molecule has 3 rings (SSSR count). The van der Waals surface area contributed by atoms with Gasteiger partial charge in [-0.15, -0.1) is 0 Å². The van der Waals surface area contributed by atoms with Gasteiger partial charge in [-0.2, -0.15) is 0 Å². The molecule has 0 fully saturated rings. The average Bonchev–Trinajstić information content (AvgIpc) is 2.92. The van der Waals surface area contributed by atoms with Crippen molar-refractivity contribution in [3.05, 3.63) is 52.3 Å². The van der Waals surface area contributed by atoms with E-state index >= 15 is 0 Å². The highest BCUT2D eigenvalue weighted by Crippen LogP contribution is 2.31. The monoisotopic (exact) mass is 348 g/mol. The molecule has 1 aromatic carbocycles. The first-order valence-electron chi connectivity index (χ1n) is 6.53. The number of fused-ring (bicyclic) bond motifs is 1. The van der Waals surface area contributed by atoms with Crippen LogP contribution in [-0.2, 0) is 11.2 Å². The van der Waals surface area contributed by atoms with Gasteiger partial charge in [-0.3, -0.25) is 9.59 Å². The van der Waals surface area contributed by atoms with Crippen LogP contribution in [-0.4, -0.2) is 28.5 Å². The van der Waals surface area contributed by atoms with Crippen LogP contribution >= 0.6 is 15.9 Å². The van der Waals surface area contributed by atoms with Crippen molar-refractivity contribution >= 4 is 33.5 Å². The summed E-state index contributed by atoms with van der Waals surface area (Å²) in [5.41, 5.74) is 2.10. The molecule has 1 atom stereocenters. The molecule has 2 heterocycles. The van der Waals surface area contributed by atoms with Gasteiger partial charge < -0.3 is 15.0 Å². The molecule has 2 aromatic rings. The number of aromatic nitrogens is 1. The first-order valence-corrected chi connectivity index (χ1v) is 7.32. The van der Waals surface area contributed by atoms with Gasteiger partial charge in [0, 0.05) is 22.9 Å². The van der Waals surface area contributed by atoms with Gasteiger partial charge in [0.2, 0.25) is 0 Å². The van der Waals surface area contributed by atoms with Crippen molar-refractivity contribution in [3.63, 3.8) is 0 Å². The number of hydrogen-bond donors (Lipinski definition) is 2. The second kappa shape index (κ2) is 5.37. The number of rotatable bonds is 2. The summed E-state index contributed by atoms with van der Waals surface area (Å²) in [5.74, 6) is -1.68. The van der Waals surface area contributed by atoms with Gasteiger partial charge in [0.15, 0.2) is 0 Å². The lowest BCUT2D eigenvalue weighted by Gasteiger charge is -2.32. The Kier molecular flexibility index (Phi) is 3.55. The molecule has 1 aliphatic heterocycles. The normalized spacial score (nSPS) is 17.4. The molecule has 1 unspecified atom stereocenters. The Hall–Kier alpha value is -2.08. The van der Waals surface area contributed by atoms with Gasteiger partial charge in [0.25, 0.3) is 5.91 Å². The van der Waals surface area contributed by atoms with Crippen LogP contribution in [0, 0.1) is 5.92 Å². The first kappa shape index (κ1) is 13.9. The summed E-state index contributed by atoms with van der Waals surface area (Å²) in [6.45, 7) is 0.182. The number of aliphatic carboxylic acids is 1. The number of carbonyl (C=O) groups is 2. The number of H-pyrrole nitrogens is 1.